The molecule has 2 heterocycles. The number of likely N-dealkylation sites (tertiary alicyclic amines) is 2. The summed E-state index contributed by atoms with van der Waals surface area (Å²) in [6.45, 7) is 3.49. The minimum atomic E-state index is -1.04. The average molecular weight is 283 g/mol. The number of carbonyl (C=O) groups excluding carboxylic acids is 2. The predicted octanol–water partition coefficient (Wildman–Crippen LogP) is 0.258. The van der Waals surface area contributed by atoms with E-state index in [-0.39, 0.29) is 12.8 Å². The molecule has 2 fully saturated rings. The van der Waals surface area contributed by atoms with Crippen LogP contribution in [0.5, 0.6) is 0 Å². The van der Waals surface area contributed by atoms with Crippen molar-refractivity contribution in [1.82, 2.24) is 15.1 Å². The number of amides is 3. The van der Waals surface area contributed by atoms with Gasteiger partial charge in [-0.3, -0.25) is 19.8 Å². The smallest absolute Gasteiger partial charge is 0.324 e. The maximum absolute atomic E-state index is 11.9. The average Bonchev–Trinajstić information content (AvgIpc) is 3.06. The molecule has 2 aliphatic heterocycles. The molecule has 7 nitrogen and oxygen atoms in total. The van der Waals surface area contributed by atoms with Crippen LogP contribution in [-0.4, -0.2) is 65.0 Å². The molecular weight excluding hydrogens is 262 g/mol. The third-order valence-electron chi connectivity index (χ3n) is 3.92. The van der Waals surface area contributed by atoms with Crippen LogP contribution < -0.4 is 5.32 Å². The first kappa shape index (κ1) is 14.8. The molecule has 3 amide bonds. The molecule has 2 saturated heterocycles. The van der Waals surface area contributed by atoms with Crippen LogP contribution in [0.15, 0.2) is 0 Å². The Balaban J connectivity index is 1.73. The second-order valence-electron chi connectivity index (χ2n) is 5.38. The number of aliphatic carboxylic acids is 1. The van der Waals surface area contributed by atoms with Gasteiger partial charge in [-0.05, 0) is 32.4 Å². The molecule has 0 aliphatic carbocycles. The number of carboxylic acids is 1. The topological polar surface area (TPSA) is 89.9 Å². The van der Waals surface area contributed by atoms with Crippen LogP contribution in [0.25, 0.3) is 0 Å². The normalized spacial score (nSPS) is 23.0. The summed E-state index contributed by atoms with van der Waals surface area (Å²) in [5.74, 6) is -1.56. The quantitative estimate of drug-likeness (QED) is 0.772. The van der Waals surface area contributed by atoms with Gasteiger partial charge in [-0.25, -0.2) is 4.79 Å². The monoisotopic (exact) mass is 283 g/mol. The highest BCUT2D eigenvalue weighted by Gasteiger charge is 2.31. The van der Waals surface area contributed by atoms with E-state index in [0.717, 1.165) is 19.5 Å². The van der Waals surface area contributed by atoms with E-state index in [1.165, 1.54) is 12.8 Å². The number of urea groups is 1. The number of hydrogen-bond acceptors (Lipinski definition) is 4. The molecule has 7 heteroatoms. The summed E-state index contributed by atoms with van der Waals surface area (Å²) in [4.78, 5) is 37.7. The standard InChI is InChI=1S/C13H21N3O4/c17-11(3-4-12(18)19)14-13(20)16-8-5-10(9-16)15-6-1-2-7-15/h10H,1-9H2,(H,18,19)(H,14,17,20). The van der Waals surface area contributed by atoms with Crippen molar-refractivity contribution >= 4 is 17.9 Å². The van der Waals surface area contributed by atoms with Crippen LogP contribution in [-0.2, 0) is 9.59 Å². The molecule has 0 saturated carbocycles. The lowest BCUT2D eigenvalue weighted by Crippen LogP contribution is -2.43. The van der Waals surface area contributed by atoms with E-state index in [9.17, 15) is 14.4 Å². The third-order valence-corrected chi connectivity index (χ3v) is 3.92. The maximum Gasteiger partial charge on any atom is 0.324 e. The van der Waals surface area contributed by atoms with Crippen LogP contribution in [0.2, 0.25) is 0 Å². The van der Waals surface area contributed by atoms with Gasteiger partial charge in [0.25, 0.3) is 0 Å². The Morgan fingerprint density at radius 3 is 2.45 bits per heavy atom. The first-order valence-electron chi connectivity index (χ1n) is 7.11. The van der Waals surface area contributed by atoms with Gasteiger partial charge in [0.15, 0.2) is 0 Å². The zero-order valence-electron chi connectivity index (χ0n) is 11.5. The van der Waals surface area contributed by atoms with Gasteiger partial charge < -0.3 is 10.0 Å². The molecule has 0 aromatic carbocycles. The van der Waals surface area contributed by atoms with Gasteiger partial charge >= 0.3 is 12.0 Å². The molecule has 0 radical (unpaired) electrons. The lowest BCUT2D eigenvalue weighted by atomic mass is 10.2. The highest BCUT2D eigenvalue weighted by Crippen LogP contribution is 2.20. The second kappa shape index (κ2) is 6.69. The molecule has 112 valence electrons. The van der Waals surface area contributed by atoms with Crippen molar-refractivity contribution in [1.29, 1.82) is 0 Å². The second-order valence-corrected chi connectivity index (χ2v) is 5.38. The van der Waals surface area contributed by atoms with Crippen LogP contribution >= 0.6 is 0 Å². The molecule has 1 atom stereocenters. The van der Waals surface area contributed by atoms with E-state index in [1.54, 1.807) is 4.90 Å². The summed E-state index contributed by atoms with van der Waals surface area (Å²) in [6, 6.07) is -0.000502. The van der Waals surface area contributed by atoms with Gasteiger partial charge in [-0.2, -0.15) is 0 Å². The molecule has 0 bridgehead atoms. The van der Waals surface area contributed by atoms with E-state index >= 15 is 0 Å². The number of nitrogens with zero attached hydrogens (tertiary/aromatic N) is 2. The van der Waals surface area contributed by atoms with Crippen molar-refractivity contribution in [3.8, 4) is 0 Å². The summed E-state index contributed by atoms with van der Waals surface area (Å²) >= 11 is 0. The van der Waals surface area contributed by atoms with Crippen molar-refractivity contribution in [3.05, 3.63) is 0 Å². The van der Waals surface area contributed by atoms with Crippen molar-refractivity contribution < 1.29 is 19.5 Å². The number of carboxylic acid groups (broad SMARTS) is 1. The Kier molecular flexibility index (Phi) is 4.94. The Bertz CT molecular complexity index is 393. The SMILES string of the molecule is O=C(O)CCC(=O)NC(=O)N1CCC(N2CCCC2)C1. The van der Waals surface area contributed by atoms with Crippen LogP contribution in [0.4, 0.5) is 4.79 Å². The minimum absolute atomic E-state index is 0.162. The zero-order chi connectivity index (χ0) is 14.5. The van der Waals surface area contributed by atoms with Crippen molar-refractivity contribution in [2.24, 2.45) is 0 Å². The van der Waals surface area contributed by atoms with E-state index in [2.05, 4.69) is 10.2 Å². The molecule has 2 rings (SSSR count). The first-order valence-corrected chi connectivity index (χ1v) is 7.11. The highest BCUT2D eigenvalue weighted by atomic mass is 16.4. The van der Waals surface area contributed by atoms with E-state index in [1.807, 2.05) is 0 Å². The molecule has 20 heavy (non-hydrogen) atoms. The number of imide groups is 1. The fourth-order valence-corrected chi connectivity index (χ4v) is 2.81. The van der Waals surface area contributed by atoms with Gasteiger partial charge in [-0.1, -0.05) is 0 Å². The summed E-state index contributed by atoms with van der Waals surface area (Å²) in [5.41, 5.74) is 0. The van der Waals surface area contributed by atoms with Crippen molar-refractivity contribution in [3.63, 3.8) is 0 Å². The Labute approximate surface area is 117 Å². The maximum atomic E-state index is 11.9. The largest absolute Gasteiger partial charge is 0.481 e. The van der Waals surface area contributed by atoms with Crippen LogP contribution in [0.3, 0.4) is 0 Å². The molecule has 1 unspecified atom stereocenters. The Hall–Kier alpha value is -1.63. The number of rotatable bonds is 4. The first-order chi connectivity index (χ1) is 9.56. The van der Waals surface area contributed by atoms with E-state index in [0.29, 0.717) is 19.1 Å². The Morgan fingerprint density at radius 1 is 1.10 bits per heavy atom. The number of hydrogen-bond donors (Lipinski definition) is 2. The molecule has 2 N–H and O–H groups in total. The van der Waals surface area contributed by atoms with Gasteiger partial charge in [-0.15, -0.1) is 0 Å². The fourth-order valence-electron chi connectivity index (χ4n) is 2.81. The van der Waals surface area contributed by atoms with Crippen LogP contribution in [0, 0.1) is 0 Å². The minimum Gasteiger partial charge on any atom is -0.481 e. The lowest BCUT2D eigenvalue weighted by molar-refractivity contribution is -0.138. The lowest BCUT2D eigenvalue weighted by Gasteiger charge is -2.23. The van der Waals surface area contributed by atoms with Crippen molar-refractivity contribution in [2.75, 3.05) is 26.2 Å². The zero-order valence-corrected chi connectivity index (χ0v) is 11.5. The summed E-state index contributed by atoms with van der Waals surface area (Å²) in [6.07, 6.45) is 2.96. The molecule has 0 spiro atoms. The third kappa shape index (κ3) is 3.93. The van der Waals surface area contributed by atoms with Crippen LogP contribution in [0.1, 0.15) is 32.1 Å². The molecular formula is C13H21N3O4. The van der Waals surface area contributed by atoms with Gasteiger partial charge in [0.2, 0.25) is 5.91 Å². The summed E-state index contributed by atoms with van der Waals surface area (Å²) in [7, 11) is 0. The predicted molar refractivity (Wildman–Crippen MR) is 71.2 cm³/mol. The fraction of sp³-hybridized carbons (Fsp3) is 0.769. The highest BCUT2D eigenvalue weighted by molar-refractivity contribution is 5.95. The Morgan fingerprint density at radius 2 is 1.80 bits per heavy atom. The molecule has 0 aromatic heterocycles. The summed E-state index contributed by atoms with van der Waals surface area (Å²) in [5, 5.41) is 10.7. The van der Waals surface area contributed by atoms with E-state index in [4.69, 9.17) is 5.11 Å². The number of carbonyl (C=O) groups is 3. The van der Waals surface area contributed by atoms with Gasteiger partial charge in [0.1, 0.15) is 0 Å². The van der Waals surface area contributed by atoms with E-state index < -0.39 is 17.9 Å². The molecule has 0 aromatic rings. The van der Waals surface area contributed by atoms with Gasteiger partial charge in [0.05, 0.1) is 6.42 Å². The summed E-state index contributed by atoms with van der Waals surface area (Å²) < 4.78 is 0. The van der Waals surface area contributed by atoms with Gasteiger partial charge in [0, 0.05) is 25.6 Å². The molecule has 2 aliphatic rings. The number of nitrogens with one attached hydrogen (secondary N) is 1. The van der Waals surface area contributed by atoms with Crippen molar-refractivity contribution in [2.45, 2.75) is 38.1 Å².